The number of ether oxygens (including phenoxy) is 4. The van der Waals surface area contributed by atoms with Gasteiger partial charge in [-0.3, -0.25) is 9.35 Å². The molecule has 1 aliphatic heterocycles. The van der Waals surface area contributed by atoms with Gasteiger partial charge in [0.1, 0.15) is 30.5 Å². The molecule has 1 heterocycles. The summed E-state index contributed by atoms with van der Waals surface area (Å²) in [7, 11) is -5.06. The summed E-state index contributed by atoms with van der Waals surface area (Å²) in [6.07, 6.45) is 47.2. The van der Waals surface area contributed by atoms with Gasteiger partial charge in [-0.1, -0.05) is 277 Å². The van der Waals surface area contributed by atoms with Crippen LogP contribution in [0.15, 0.2) is 0 Å². The minimum absolute atomic E-state index is 0.0457. The maximum atomic E-state index is 12.9. The molecule has 1 rings (SSSR count). The number of carbonyl (C=O) groups excluding carboxylic acids is 1. The normalized spacial score (nSPS) is 19.0. The number of unbranched alkanes of at least 4 members (excludes halogenated alkanes) is 41. The number of aliphatic hydroxyl groups is 3. The highest BCUT2D eigenvalue weighted by atomic mass is 32.3. The summed E-state index contributed by atoms with van der Waals surface area (Å²) in [5.74, 6) is -0.389. The molecule has 418 valence electrons. The van der Waals surface area contributed by atoms with Crippen LogP contribution in [0, 0.1) is 0 Å². The second-order valence-corrected chi connectivity index (χ2v) is 22.0. The van der Waals surface area contributed by atoms with E-state index < -0.39 is 53.8 Å². The summed E-state index contributed by atoms with van der Waals surface area (Å²) < 4.78 is 59.5. The Balaban J connectivity index is 2.25. The zero-order chi connectivity index (χ0) is 51.0. The van der Waals surface area contributed by atoms with Gasteiger partial charge in [-0.05, 0) is 12.8 Å². The Bertz CT molecular complexity index is 1220. The van der Waals surface area contributed by atoms with Gasteiger partial charge in [0, 0.05) is 13.0 Å². The van der Waals surface area contributed by atoms with Crippen molar-refractivity contribution >= 4 is 16.4 Å². The highest BCUT2D eigenvalue weighted by Crippen LogP contribution is 2.26. The van der Waals surface area contributed by atoms with Gasteiger partial charge in [0.15, 0.2) is 6.29 Å². The van der Waals surface area contributed by atoms with E-state index in [4.69, 9.17) is 18.9 Å². The molecule has 0 spiro atoms. The van der Waals surface area contributed by atoms with Crippen LogP contribution in [0.2, 0.25) is 0 Å². The topological polar surface area (TPSA) is 178 Å². The van der Waals surface area contributed by atoms with Crippen LogP contribution in [0.25, 0.3) is 0 Å². The second-order valence-electron chi connectivity index (χ2n) is 21.0. The van der Waals surface area contributed by atoms with E-state index in [0.29, 0.717) is 13.0 Å². The van der Waals surface area contributed by atoms with Crippen LogP contribution in [0.1, 0.15) is 296 Å². The Kier molecular flexibility index (Phi) is 47.0. The zero-order valence-corrected chi connectivity index (χ0v) is 46.2. The first-order chi connectivity index (χ1) is 34.1. The molecule has 13 heteroatoms. The fourth-order valence-electron chi connectivity index (χ4n) is 9.74. The molecule has 4 N–H and O–H groups in total. The number of aliphatic hydroxyl groups excluding tert-OH is 3. The molecule has 1 aliphatic rings. The fraction of sp³-hybridized carbons (Fsp3) is 0.982. The van der Waals surface area contributed by atoms with Crippen molar-refractivity contribution in [3.05, 3.63) is 0 Å². The molecular weight excluding hydrogens is 909 g/mol. The summed E-state index contributed by atoms with van der Waals surface area (Å²) in [4.78, 5) is 12.9. The number of carbonyl (C=O) groups is 1. The highest BCUT2D eigenvalue weighted by molar-refractivity contribution is 7.80. The summed E-state index contributed by atoms with van der Waals surface area (Å²) in [5.41, 5.74) is 0. The molecular formula is C57H112O12S. The molecule has 1 fully saturated rings. The van der Waals surface area contributed by atoms with Gasteiger partial charge in [0.2, 0.25) is 0 Å². The van der Waals surface area contributed by atoms with Crippen molar-refractivity contribution in [1.29, 1.82) is 0 Å². The lowest BCUT2D eigenvalue weighted by Crippen LogP contribution is -2.60. The van der Waals surface area contributed by atoms with E-state index in [1.165, 1.54) is 231 Å². The van der Waals surface area contributed by atoms with Crippen LogP contribution >= 0.6 is 0 Å². The lowest BCUT2D eigenvalue weighted by Gasteiger charge is -2.41. The molecule has 1 saturated heterocycles. The molecule has 0 aromatic carbocycles. The second kappa shape index (κ2) is 49.0. The lowest BCUT2D eigenvalue weighted by atomic mass is 9.99. The molecule has 0 aromatic rings. The summed E-state index contributed by atoms with van der Waals surface area (Å²) in [6, 6.07) is 0. The first-order valence-electron chi connectivity index (χ1n) is 29.8. The van der Waals surface area contributed by atoms with Crippen molar-refractivity contribution < 1.29 is 56.2 Å². The number of rotatable bonds is 54. The average molecular weight is 1020 g/mol. The van der Waals surface area contributed by atoms with E-state index in [0.717, 1.165) is 38.5 Å². The Hall–Kier alpha value is -0.900. The Morgan fingerprint density at radius 2 is 0.814 bits per heavy atom. The van der Waals surface area contributed by atoms with E-state index in [-0.39, 0.29) is 25.6 Å². The molecule has 0 aliphatic carbocycles. The number of hydrogen-bond acceptors (Lipinski definition) is 11. The molecule has 0 aromatic heterocycles. The molecule has 0 bridgehead atoms. The average Bonchev–Trinajstić information content (AvgIpc) is 3.34. The third-order valence-corrected chi connectivity index (χ3v) is 14.7. The smallest absolute Gasteiger partial charge is 0.397 e. The van der Waals surface area contributed by atoms with Crippen LogP contribution in [0.3, 0.4) is 0 Å². The van der Waals surface area contributed by atoms with Crippen molar-refractivity contribution in [3.63, 3.8) is 0 Å². The van der Waals surface area contributed by atoms with Crippen LogP contribution in [-0.2, 0) is 38.3 Å². The van der Waals surface area contributed by atoms with Gasteiger partial charge < -0.3 is 34.3 Å². The third-order valence-electron chi connectivity index (χ3n) is 14.2. The summed E-state index contributed by atoms with van der Waals surface area (Å²) in [5, 5.41) is 30.8. The Morgan fingerprint density at radius 3 is 1.14 bits per heavy atom. The molecule has 12 nitrogen and oxygen atoms in total. The summed E-state index contributed by atoms with van der Waals surface area (Å²) in [6.45, 7) is 4.08. The predicted octanol–water partition coefficient (Wildman–Crippen LogP) is 14.8. The molecule has 6 unspecified atom stereocenters. The van der Waals surface area contributed by atoms with Crippen LogP contribution in [0.4, 0.5) is 0 Å². The van der Waals surface area contributed by atoms with Crippen LogP contribution < -0.4 is 0 Å². The lowest BCUT2D eigenvalue weighted by molar-refractivity contribution is -0.301. The zero-order valence-electron chi connectivity index (χ0n) is 45.4. The largest absolute Gasteiger partial charge is 0.457 e. The molecule has 6 atom stereocenters. The SMILES string of the molecule is CCCCCCCCCCCCCCCCCCCCCCCCCCCOCC(COC1OC(CO)C(O)C(OS(=O)(=O)O)C1O)OC(=O)CCCCCCCCCCCCCCCCCCCC. The van der Waals surface area contributed by atoms with Gasteiger partial charge in [-0.25, -0.2) is 4.18 Å². The first kappa shape index (κ1) is 67.1. The number of hydrogen-bond donors (Lipinski definition) is 4. The van der Waals surface area contributed by atoms with Crippen molar-refractivity contribution in [2.45, 2.75) is 333 Å². The van der Waals surface area contributed by atoms with Crippen LogP contribution in [0.5, 0.6) is 0 Å². The standard InChI is InChI=1S/C57H112O12S/c1-3-5-7-9-11-13-15-17-19-21-23-24-25-26-27-28-29-31-33-35-37-39-41-43-45-47-65-49-51(50-66-57-55(61)56(69-70(62,63)64)54(60)52(48-58)68-57)67-53(59)46-44-42-40-38-36-34-32-30-22-20-18-16-14-12-10-8-6-4-2/h51-52,54-58,60-61H,3-50H2,1-2H3,(H,62,63,64). The monoisotopic (exact) mass is 1020 g/mol. The first-order valence-corrected chi connectivity index (χ1v) is 31.2. The maximum absolute atomic E-state index is 12.9. The maximum Gasteiger partial charge on any atom is 0.397 e. The molecule has 0 saturated carbocycles. The van der Waals surface area contributed by atoms with E-state index in [1.54, 1.807) is 0 Å². The van der Waals surface area contributed by atoms with Crippen molar-refractivity contribution in [2.24, 2.45) is 0 Å². The summed E-state index contributed by atoms with van der Waals surface area (Å²) >= 11 is 0. The van der Waals surface area contributed by atoms with Gasteiger partial charge >= 0.3 is 16.4 Å². The minimum Gasteiger partial charge on any atom is -0.457 e. The highest BCUT2D eigenvalue weighted by Gasteiger charge is 2.48. The minimum atomic E-state index is -5.06. The van der Waals surface area contributed by atoms with Gasteiger partial charge in [-0.15, -0.1) is 0 Å². The van der Waals surface area contributed by atoms with Gasteiger partial charge in [-0.2, -0.15) is 8.42 Å². The van der Waals surface area contributed by atoms with Crippen molar-refractivity contribution in [1.82, 2.24) is 0 Å². The van der Waals surface area contributed by atoms with Crippen molar-refractivity contribution in [2.75, 3.05) is 26.4 Å². The quantitative estimate of drug-likeness (QED) is 0.0258. The van der Waals surface area contributed by atoms with Crippen LogP contribution in [-0.4, -0.2) is 97.5 Å². The van der Waals surface area contributed by atoms with Gasteiger partial charge in [0.05, 0.1) is 19.8 Å². The van der Waals surface area contributed by atoms with E-state index in [2.05, 4.69) is 18.0 Å². The Morgan fingerprint density at radius 1 is 0.486 bits per heavy atom. The Labute approximate surface area is 430 Å². The number of esters is 1. The van der Waals surface area contributed by atoms with E-state index >= 15 is 0 Å². The van der Waals surface area contributed by atoms with E-state index in [1.807, 2.05) is 0 Å². The molecule has 70 heavy (non-hydrogen) atoms. The predicted molar refractivity (Wildman–Crippen MR) is 285 cm³/mol. The third kappa shape index (κ3) is 41.5. The van der Waals surface area contributed by atoms with E-state index in [9.17, 15) is 33.1 Å². The molecule has 0 radical (unpaired) electrons. The molecule has 0 amide bonds. The van der Waals surface area contributed by atoms with Crippen molar-refractivity contribution in [3.8, 4) is 0 Å². The fourth-order valence-corrected chi connectivity index (χ4v) is 10.2. The van der Waals surface area contributed by atoms with Gasteiger partial charge in [0.25, 0.3) is 0 Å².